The van der Waals surface area contributed by atoms with Crippen LogP contribution in [0, 0.1) is 0 Å². The Morgan fingerprint density at radius 3 is 2.62 bits per heavy atom. The van der Waals surface area contributed by atoms with Gasteiger partial charge in [0.05, 0.1) is 5.69 Å². The molecule has 0 radical (unpaired) electrons. The molecular formula is C17H17BrN4O2. The van der Waals surface area contributed by atoms with Crippen molar-refractivity contribution >= 4 is 39.6 Å². The van der Waals surface area contributed by atoms with Gasteiger partial charge in [-0.3, -0.25) is 14.6 Å². The number of para-hydroxylation sites is 1. The van der Waals surface area contributed by atoms with Crippen molar-refractivity contribution in [2.24, 2.45) is 0 Å². The van der Waals surface area contributed by atoms with E-state index < -0.39 is 0 Å². The van der Waals surface area contributed by atoms with Crippen LogP contribution in [0.4, 0.5) is 11.4 Å². The van der Waals surface area contributed by atoms with Gasteiger partial charge in [0.25, 0.3) is 5.91 Å². The van der Waals surface area contributed by atoms with Crippen molar-refractivity contribution in [3.63, 3.8) is 0 Å². The number of nitrogens with one attached hydrogen (secondary N) is 1. The normalized spacial score (nSPS) is 14.4. The van der Waals surface area contributed by atoms with Crippen LogP contribution in [-0.4, -0.2) is 48.4 Å². The van der Waals surface area contributed by atoms with Gasteiger partial charge in [0.2, 0.25) is 6.41 Å². The van der Waals surface area contributed by atoms with Gasteiger partial charge in [-0.15, -0.1) is 0 Å². The van der Waals surface area contributed by atoms with Gasteiger partial charge < -0.3 is 15.1 Å². The SMILES string of the molecule is O=CN1CCN(c2ccnc(C(=O)Nc3ccccc3Br)c2)CC1. The van der Waals surface area contributed by atoms with Gasteiger partial charge in [-0.1, -0.05) is 12.1 Å². The van der Waals surface area contributed by atoms with E-state index in [1.54, 1.807) is 17.2 Å². The molecule has 1 aliphatic heterocycles. The van der Waals surface area contributed by atoms with Crippen LogP contribution in [0.2, 0.25) is 0 Å². The van der Waals surface area contributed by atoms with Crippen LogP contribution in [0.5, 0.6) is 0 Å². The van der Waals surface area contributed by atoms with Crippen LogP contribution >= 0.6 is 15.9 Å². The van der Waals surface area contributed by atoms with Crippen LogP contribution in [0.15, 0.2) is 47.1 Å². The van der Waals surface area contributed by atoms with E-state index in [0.29, 0.717) is 24.5 Å². The topological polar surface area (TPSA) is 65.5 Å². The molecule has 24 heavy (non-hydrogen) atoms. The average Bonchev–Trinajstić information content (AvgIpc) is 2.64. The second-order valence-corrected chi connectivity index (χ2v) is 6.32. The molecule has 0 bridgehead atoms. The summed E-state index contributed by atoms with van der Waals surface area (Å²) in [6.45, 7) is 2.86. The summed E-state index contributed by atoms with van der Waals surface area (Å²) < 4.78 is 0.819. The quantitative estimate of drug-likeness (QED) is 0.816. The number of rotatable bonds is 4. The highest BCUT2D eigenvalue weighted by atomic mass is 79.9. The number of anilines is 2. The van der Waals surface area contributed by atoms with Crippen molar-refractivity contribution in [3.8, 4) is 0 Å². The van der Waals surface area contributed by atoms with E-state index in [0.717, 1.165) is 29.7 Å². The summed E-state index contributed by atoms with van der Waals surface area (Å²) in [6.07, 6.45) is 2.51. The number of carbonyl (C=O) groups excluding carboxylic acids is 2. The predicted octanol–water partition coefficient (Wildman–Crippen LogP) is 2.37. The van der Waals surface area contributed by atoms with Gasteiger partial charge in [-0.05, 0) is 40.2 Å². The summed E-state index contributed by atoms with van der Waals surface area (Å²) in [7, 11) is 0. The number of pyridine rings is 1. The Morgan fingerprint density at radius 2 is 1.92 bits per heavy atom. The molecule has 1 N–H and O–H groups in total. The molecule has 2 aromatic rings. The molecule has 6 nitrogen and oxygen atoms in total. The molecule has 124 valence electrons. The monoisotopic (exact) mass is 388 g/mol. The van der Waals surface area contributed by atoms with Gasteiger partial charge in [0, 0.05) is 42.5 Å². The molecule has 7 heteroatoms. The van der Waals surface area contributed by atoms with Crippen molar-refractivity contribution in [3.05, 3.63) is 52.8 Å². The third-order valence-electron chi connectivity index (χ3n) is 3.93. The molecule has 2 amide bonds. The van der Waals surface area contributed by atoms with Gasteiger partial charge in [0.1, 0.15) is 5.69 Å². The molecule has 0 saturated carbocycles. The lowest BCUT2D eigenvalue weighted by Gasteiger charge is -2.34. The Bertz CT molecular complexity index is 745. The van der Waals surface area contributed by atoms with Crippen molar-refractivity contribution in [1.29, 1.82) is 0 Å². The molecule has 1 aromatic heterocycles. The summed E-state index contributed by atoms with van der Waals surface area (Å²) in [4.78, 5) is 31.3. The maximum absolute atomic E-state index is 12.4. The first kappa shape index (κ1) is 16.4. The maximum Gasteiger partial charge on any atom is 0.274 e. The minimum absolute atomic E-state index is 0.254. The summed E-state index contributed by atoms with van der Waals surface area (Å²) in [6, 6.07) is 11.1. The van der Waals surface area contributed by atoms with Crippen LogP contribution < -0.4 is 10.2 Å². The zero-order chi connectivity index (χ0) is 16.9. The Balaban J connectivity index is 1.72. The van der Waals surface area contributed by atoms with Crippen molar-refractivity contribution in [1.82, 2.24) is 9.88 Å². The number of hydrogen-bond acceptors (Lipinski definition) is 4. The molecular weight excluding hydrogens is 372 g/mol. The molecule has 1 aliphatic rings. The Hall–Kier alpha value is -2.41. The number of aromatic nitrogens is 1. The second-order valence-electron chi connectivity index (χ2n) is 5.46. The Kier molecular flexibility index (Phi) is 5.10. The molecule has 1 aromatic carbocycles. The summed E-state index contributed by atoms with van der Waals surface area (Å²) in [5.74, 6) is -0.254. The van der Waals surface area contributed by atoms with Crippen LogP contribution in [-0.2, 0) is 4.79 Å². The van der Waals surface area contributed by atoms with Gasteiger partial charge in [-0.2, -0.15) is 0 Å². The Labute approximate surface area is 148 Å². The molecule has 1 fully saturated rings. The summed E-state index contributed by atoms with van der Waals surface area (Å²) in [5.41, 5.74) is 2.00. The van der Waals surface area contributed by atoms with E-state index in [1.807, 2.05) is 30.3 Å². The lowest BCUT2D eigenvalue weighted by molar-refractivity contribution is -0.118. The number of nitrogens with zero attached hydrogens (tertiary/aromatic N) is 3. The van der Waals surface area contributed by atoms with E-state index >= 15 is 0 Å². The first-order valence-corrected chi connectivity index (χ1v) is 8.43. The van der Waals surface area contributed by atoms with E-state index in [4.69, 9.17) is 0 Å². The van der Waals surface area contributed by atoms with E-state index in [-0.39, 0.29) is 5.91 Å². The highest BCUT2D eigenvalue weighted by molar-refractivity contribution is 9.10. The van der Waals surface area contributed by atoms with Crippen molar-refractivity contribution < 1.29 is 9.59 Å². The number of benzene rings is 1. The number of piperazine rings is 1. The fraction of sp³-hybridized carbons (Fsp3) is 0.235. The highest BCUT2D eigenvalue weighted by Crippen LogP contribution is 2.22. The minimum atomic E-state index is -0.254. The van der Waals surface area contributed by atoms with Crippen LogP contribution in [0.1, 0.15) is 10.5 Å². The third-order valence-corrected chi connectivity index (χ3v) is 4.62. The van der Waals surface area contributed by atoms with Crippen molar-refractivity contribution in [2.45, 2.75) is 0 Å². The first-order valence-electron chi connectivity index (χ1n) is 7.63. The second kappa shape index (κ2) is 7.44. The highest BCUT2D eigenvalue weighted by Gasteiger charge is 2.17. The fourth-order valence-corrected chi connectivity index (χ4v) is 2.96. The van der Waals surface area contributed by atoms with E-state index in [2.05, 4.69) is 31.1 Å². The largest absolute Gasteiger partial charge is 0.368 e. The summed E-state index contributed by atoms with van der Waals surface area (Å²) in [5, 5.41) is 2.85. The number of amides is 2. The van der Waals surface area contributed by atoms with Gasteiger partial charge >= 0.3 is 0 Å². The van der Waals surface area contributed by atoms with Gasteiger partial charge in [-0.25, -0.2) is 0 Å². The molecule has 0 aliphatic carbocycles. The Morgan fingerprint density at radius 1 is 1.17 bits per heavy atom. The average molecular weight is 389 g/mol. The lowest BCUT2D eigenvalue weighted by Crippen LogP contribution is -2.45. The molecule has 0 spiro atoms. The minimum Gasteiger partial charge on any atom is -0.368 e. The van der Waals surface area contributed by atoms with E-state index in [1.165, 1.54) is 0 Å². The zero-order valence-electron chi connectivity index (χ0n) is 13.0. The van der Waals surface area contributed by atoms with Crippen LogP contribution in [0.3, 0.4) is 0 Å². The van der Waals surface area contributed by atoms with Gasteiger partial charge in [0.15, 0.2) is 0 Å². The van der Waals surface area contributed by atoms with Crippen molar-refractivity contribution in [2.75, 3.05) is 36.4 Å². The maximum atomic E-state index is 12.4. The molecule has 2 heterocycles. The predicted molar refractivity (Wildman–Crippen MR) is 96.2 cm³/mol. The number of halogens is 1. The first-order chi connectivity index (χ1) is 11.7. The smallest absolute Gasteiger partial charge is 0.274 e. The zero-order valence-corrected chi connectivity index (χ0v) is 14.6. The number of hydrogen-bond donors (Lipinski definition) is 1. The molecule has 0 atom stereocenters. The van der Waals surface area contributed by atoms with E-state index in [9.17, 15) is 9.59 Å². The molecule has 1 saturated heterocycles. The van der Waals surface area contributed by atoms with Crippen LogP contribution in [0.25, 0.3) is 0 Å². The lowest BCUT2D eigenvalue weighted by atomic mass is 10.2. The fourth-order valence-electron chi connectivity index (χ4n) is 2.57. The molecule has 3 rings (SSSR count). The summed E-state index contributed by atoms with van der Waals surface area (Å²) >= 11 is 3.41. The third kappa shape index (κ3) is 3.73. The standard InChI is InChI=1S/C17H17BrN4O2/c18-14-3-1-2-4-15(14)20-17(24)16-11-13(5-6-19-16)22-9-7-21(12-23)8-10-22/h1-6,11-12H,7-10H2,(H,20,24). The molecule has 0 unspecified atom stereocenters. The number of carbonyl (C=O) groups is 2.